The Morgan fingerprint density at radius 3 is 2.60 bits per heavy atom. The molecule has 1 aromatic carbocycles. The first-order chi connectivity index (χ1) is 9.46. The van der Waals surface area contributed by atoms with Gasteiger partial charge in [-0.3, -0.25) is 0 Å². The van der Waals surface area contributed by atoms with Crippen molar-refractivity contribution < 1.29 is 4.74 Å². The second-order valence-electron chi connectivity index (χ2n) is 6.69. The fraction of sp³-hybridized carbons (Fsp3) is 0.667. The summed E-state index contributed by atoms with van der Waals surface area (Å²) in [7, 11) is 0. The molecule has 0 saturated heterocycles. The van der Waals surface area contributed by atoms with Gasteiger partial charge in [0, 0.05) is 24.6 Å². The van der Waals surface area contributed by atoms with Crippen LogP contribution in [-0.4, -0.2) is 11.6 Å². The summed E-state index contributed by atoms with van der Waals surface area (Å²) in [5.74, 6) is 1.87. The van der Waals surface area contributed by atoms with Crippen LogP contribution in [0.5, 0.6) is 5.75 Å². The molecule has 1 atom stereocenters. The number of hydrogen-bond acceptors (Lipinski definition) is 2. The molecule has 0 aromatic heterocycles. The average Bonchev–Trinajstić information content (AvgIpc) is 2.72. The van der Waals surface area contributed by atoms with Crippen molar-refractivity contribution in [1.29, 1.82) is 0 Å². The maximum Gasteiger partial charge on any atom is 0.127 e. The van der Waals surface area contributed by atoms with Gasteiger partial charge in [0.2, 0.25) is 0 Å². The van der Waals surface area contributed by atoms with Crippen molar-refractivity contribution in [3.63, 3.8) is 0 Å². The van der Waals surface area contributed by atoms with Crippen LogP contribution in [0, 0.1) is 5.92 Å². The van der Waals surface area contributed by atoms with Gasteiger partial charge in [-0.2, -0.15) is 0 Å². The summed E-state index contributed by atoms with van der Waals surface area (Å²) in [4.78, 5) is 0. The molecule has 1 N–H and O–H groups in total. The van der Waals surface area contributed by atoms with E-state index in [0.29, 0.717) is 6.04 Å². The quantitative estimate of drug-likeness (QED) is 0.835. The first kappa shape index (κ1) is 15.4. The number of para-hydroxylation sites is 1. The first-order valence-corrected chi connectivity index (χ1v) is 8.00. The molecule has 2 heteroatoms. The van der Waals surface area contributed by atoms with Crippen LogP contribution in [-0.2, 0) is 13.0 Å². The van der Waals surface area contributed by atoms with E-state index in [4.69, 9.17) is 4.74 Å². The second kappa shape index (κ2) is 6.17. The van der Waals surface area contributed by atoms with E-state index in [0.717, 1.165) is 24.6 Å². The molecule has 0 aliphatic carbocycles. The molecule has 0 spiro atoms. The van der Waals surface area contributed by atoms with E-state index in [9.17, 15) is 0 Å². The molecule has 1 aliphatic rings. The Bertz CT molecular complexity index is 449. The van der Waals surface area contributed by atoms with Crippen LogP contribution in [0.25, 0.3) is 0 Å². The second-order valence-corrected chi connectivity index (χ2v) is 6.69. The van der Waals surface area contributed by atoms with Gasteiger partial charge in [-0.15, -0.1) is 0 Å². The number of nitrogens with one attached hydrogen (secondary N) is 1. The van der Waals surface area contributed by atoms with Gasteiger partial charge >= 0.3 is 0 Å². The molecule has 2 nitrogen and oxygen atoms in total. The van der Waals surface area contributed by atoms with Crippen LogP contribution < -0.4 is 10.1 Å². The van der Waals surface area contributed by atoms with Crippen molar-refractivity contribution in [3.8, 4) is 5.75 Å². The number of ether oxygens (including phenoxy) is 1. The van der Waals surface area contributed by atoms with Gasteiger partial charge < -0.3 is 10.1 Å². The van der Waals surface area contributed by atoms with E-state index >= 15 is 0 Å². The highest BCUT2D eigenvalue weighted by Gasteiger charge is 2.31. The number of hydrogen-bond donors (Lipinski definition) is 1. The molecule has 0 saturated carbocycles. The van der Waals surface area contributed by atoms with Crippen LogP contribution in [0.15, 0.2) is 18.2 Å². The van der Waals surface area contributed by atoms with Crippen molar-refractivity contribution in [2.75, 3.05) is 0 Å². The zero-order chi connectivity index (χ0) is 14.8. The molecular formula is C18H29NO. The third-order valence-electron chi connectivity index (χ3n) is 4.54. The molecule has 112 valence electrons. The predicted octanol–water partition coefficient (Wildman–Crippen LogP) is 4.31. The highest BCUT2D eigenvalue weighted by molar-refractivity contribution is 5.45. The minimum atomic E-state index is -0.0561. The zero-order valence-corrected chi connectivity index (χ0v) is 13.6. The lowest BCUT2D eigenvalue weighted by atomic mass is 9.95. The van der Waals surface area contributed by atoms with Gasteiger partial charge in [0.25, 0.3) is 0 Å². The molecule has 20 heavy (non-hydrogen) atoms. The molecule has 0 radical (unpaired) electrons. The van der Waals surface area contributed by atoms with Crippen molar-refractivity contribution in [3.05, 3.63) is 29.3 Å². The van der Waals surface area contributed by atoms with Crippen molar-refractivity contribution in [1.82, 2.24) is 5.32 Å². The van der Waals surface area contributed by atoms with E-state index in [1.54, 1.807) is 0 Å². The van der Waals surface area contributed by atoms with E-state index < -0.39 is 0 Å². The predicted molar refractivity (Wildman–Crippen MR) is 85.2 cm³/mol. The van der Waals surface area contributed by atoms with E-state index in [1.165, 1.54) is 24.0 Å². The van der Waals surface area contributed by atoms with Crippen LogP contribution in [0.2, 0.25) is 0 Å². The Kier molecular flexibility index (Phi) is 4.74. The summed E-state index contributed by atoms with van der Waals surface area (Å²) in [6.07, 6.45) is 3.49. The van der Waals surface area contributed by atoms with Crippen molar-refractivity contribution >= 4 is 0 Å². The Hall–Kier alpha value is -1.02. The average molecular weight is 275 g/mol. The van der Waals surface area contributed by atoms with Gasteiger partial charge in [-0.1, -0.05) is 44.9 Å². The van der Waals surface area contributed by atoms with Gasteiger partial charge in [0.1, 0.15) is 11.4 Å². The summed E-state index contributed by atoms with van der Waals surface area (Å²) in [5, 5.41) is 3.68. The van der Waals surface area contributed by atoms with Gasteiger partial charge in [0.15, 0.2) is 0 Å². The van der Waals surface area contributed by atoms with Gasteiger partial charge in [-0.05, 0) is 32.3 Å². The van der Waals surface area contributed by atoms with E-state index in [-0.39, 0.29) is 5.60 Å². The maximum atomic E-state index is 6.13. The number of fused-ring (bicyclic) bond motifs is 1. The molecular weight excluding hydrogens is 246 g/mol. The molecule has 1 aliphatic heterocycles. The van der Waals surface area contributed by atoms with Crippen LogP contribution in [0.3, 0.4) is 0 Å². The lowest BCUT2D eigenvalue weighted by Crippen LogP contribution is -2.32. The summed E-state index contributed by atoms with van der Waals surface area (Å²) in [6.45, 7) is 12.1. The monoisotopic (exact) mass is 275 g/mol. The largest absolute Gasteiger partial charge is 0.487 e. The molecule has 0 bridgehead atoms. The summed E-state index contributed by atoms with van der Waals surface area (Å²) >= 11 is 0. The first-order valence-electron chi connectivity index (χ1n) is 8.00. The van der Waals surface area contributed by atoms with E-state index in [1.807, 2.05) is 0 Å². The summed E-state index contributed by atoms with van der Waals surface area (Å²) < 4.78 is 6.13. The highest BCUT2D eigenvalue weighted by atomic mass is 16.5. The SMILES string of the molecule is CCC(CC)C(C)NCc1cccc2c1OC(C)(C)C2. The Morgan fingerprint density at radius 2 is 1.95 bits per heavy atom. The minimum absolute atomic E-state index is 0.0561. The highest BCUT2D eigenvalue weighted by Crippen LogP contribution is 2.37. The lowest BCUT2D eigenvalue weighted by Gasteiger charge is -2.23. The van der Waals surface area contributed by atoms with Crippen LogP contribution in [0.4, 0.5) is 0 Å². The van der Waals surface area contributed by atoms with Gasteiger partial charge in [-0.25, -0.2) is 0 Å². The molecule has 1 unspecified atom stereocenters. The molecule has 0 fully saturated rings. The minimum Gasteiger partial charge on any atom is -0.487 e. The summed E-state index contributed by atoms with van der Waals surface area (Å²) in [5.41, 5.74) is 2.59. The fourth-order valence-electron chi connectivity index (χ4n) is 3.25. The maximum absolute atomic E-state index is 6.13. The normalized spacial score (nSPS) is 17.9. The smallest absolute Gasteiger partial charge is 0.127 e. The lowest BCUT2D eigenvalue weighted by molar-refractivity contribution is 0.137. The Balaban J connectivity index is 2.04. The van der Waals surface area contributed by atoms with Crippen molar-refractivity contribution in [2.24, 2.45) is 5.92 Å². The van der Waals surface area contributed by atoms with Crippen LogP contribution in [0.1, 0.15) is 58.6 Å². The Morgan fingerprint density at radius 1 is 1.25 bits per heavy atom. The topological polar surface area (TPSA) is 21.3 Å². The molecule has 1 aromatic rings. The fourth-order valence-corrected chi connectivity index (χ4v) is 3.25. The zero-order valence-electron chi connectivity index (χ0n) is 13.6. The number of rotatable bonds is 6. The molecule has 1 heterocycles. The third-order valence-corrected chi connectivity index (χ3v) is 4.54. The van der Waals surface area contributed by atoms with E-state index in [2.05, 4.69) is 58.1 Å². The molecule has 2 rings (SSSR count). The third kappa shape index (κ3) is 3.35. The van der Waals surface area contributed by atoms with Crippen LogP contribution >= 0.6 is 0 Å². The summed E-state index contributed by atoms with van der Waals surface area (Å²) in [6, 6.07) is 7.09. The standard InChI is InChI=1S/C18H29NO/c1-6-14(7-2)13(3)19-12-16-10-8-9-15-11-18(4,5)20-17(15)16/h8-10,13-14,19H,6-7,11-12H2,1-5H3. The van der Waals surface area contributed by atoms with Gasteiger partial charge in [0.05, 0.1) is 0 Å². The molecule has 0 amide bonds. The Labute approximate surface area is 123 Å². The number of benzene rings is 1. The van der Waals surface area contributed by atoms with Crippen molar-refractivity contribution in [2.45, 2.75) is 72.1 Å².